The highest BCUT2D eigenvalue weighted by molar-refractivity contribution is 7.71. The minimum atomic E-state index is 0.524. The van der Waals surface area contributed by atoms with Crippen LogP contribution in [-0.2, 0) is 0 Å². The molecule has 1 heterocycles. The fourth-order valence-corrected chi connectivity index (χ4v) is 0.890. The molecule has 0 spiro atoms. The van der Waals surface area contributed by atoms with Crippen LogP contribution in [-0.4, -0.2) is 4.57 Å². The maximum Gasteiger partial charge on any atom is 0.0406 e. The Morgan fingerprint density at radius 1 is 1.30 bits per heavy atom. The predicted octanol–water partition coefficient (Wildman–Crippen LogP) is 2.80. The van der Waals surface area contributed by atoms with Crippen molar-refractivity contribution in [2.75, 3.05) is 0 Å². The average molecular weight is 153 g/mol. The standard InChI is InChI=1S/C8H11NS/c1-7(2)9-5-3-8(10)4-6-9/h3-7H,1-2H3. The summed E-state index contributed by atoms with van der Waals surface area (Å²) in [5.41, 5.74) is 0. The van der Waals surface area contributed by atoms with E-state index in [0.29, 0.717) is 6.04 Å². The van der Waals surface area contributed by atoms with Gasteiger partial charge in [0.1, 0.15) is 0 Å². The van der Waals surface area contributed by atoms with E-state index in [-0.39, 0.29) is 0 Å². The molecule has 0 unspecified atom stereocenters. The van der Waals surface area contributed by atoms with Crippen LogP contribution in [0.1, 0.15) is 19.9 Å². The molecule has 2 heteroatoms. The normalized spacial score (nSPS) is 10.3. The molecule has 1 nitrogen and oxygen atoms in total. The summed E-state index contributed by atoms with van der Waals surface area (Å²) in [6.07, 6.45) is 4.01. The third-order valence-electron chi connectivity index (χ3n) is 1.42. The van der Waals surface area contributed by atoms with Gasteiger partial charge in [0.15, 0.2) is 0 Å². The summed E-state index contributed by atoms with van der Waals surface area (Å²) >= 11 is 4.94. The summed E-state index contributed by atoms with van der Waals surface area (Å²) in [6, 6.07) is 4.40. The maximum absolute atomic E-state index is 4.94. The molecule has 0 aliphatic heterocycles. The van der Waals surface area contributed by atoms with Crippen LogP contribution < -0.4 is 0 Å². The summed E-state index contributed by atoms with van der Waals surface area (Å²) in [6.45, 7) is 4.28. The second kappa shape index (κ2) is 2.97. The minimum Gasteiger partial charge on any atom is -0.352 e. The Hall–Kier alpha value is -0.630. The van der Waals surface area contributed by atoms with Crippen molar-refractivity contribution in [3.63, 3.8) is 0 Å². The van der Waals surface area contributed by atoms with Gasteiger partial charge in [-0.05, 0) is 26.0 Å². The lowest BCUT2D eigenvalue weighted by Crippen LogP contribution is -1.98. The smallest absolute Gasteiger partial charge is 0.0406 e. The first kappa shape index (κ1) is 7.48. The van der Waals surface area contributed by atoms with Crippen molar-refractivity contribution in [1.82, 2.24) is 4.57 Å². The quantitative estimate of drug-likeness (QED) is 0.562. The third kappa shape index (κ3) is 1.67. The van der Waals surface area contributed by atoms with Gasteiger partial charge in [-0.25, -0.2) is 0 Å². The second-order valence-electron chi connectivity index (χ2n) is 2.57. The van der Waals surface area contributed by atoms with Crippen LogP contribution in [0.15, 0.2) is 24.5 Å². The van der Waals surface area contributed by atoms with Crippen LogP contribution in [0.4, 0.5) is 0 Å². The highest BCUT2D eigenvalue weighted by atomic mass is 32.1. The molecule has 0 aliphatic carbocycles. The zero-order valence-corrected chi connectivity index (χ0v) is 7.06. The molecule has 1 aromatic heterocycles. The average Bonchev–Trinajstić information content (AvgIpc) is 1.88. The Bertz CT molecular complexity index is 242. The summed E-state index contributed by atoms with van der Waals surface area (Å²) < 4.78 is 3.02. The van der Waals surface area contributed by atoms with Gasteiger partial charge in [0.25, 0.3) is 0 Å². The summed E-state index contributed by atoms with van der Waals surface area (Å²) in [5.74, 6) is 0. The van der Waals surface area contributed by atoms with E-state index >= 15 is 0 Å². The van der Waals surface area contributed by atoms with Gasteiger partial charge in [-0.3, -0.25) is 0 Å². The van der Waals surface area contributed by atoms with E-state index in [2.05, 4.69) is 18.4 Å². The monoisotopic (exact) mass is 153 g/mol. The van der Waals surface area contributed by atoms with E-state index in [4.69, 9.17) is 12.2 Å². The molecular formula is C8H11NS. The molecule has 0 aliphatic rings. The lowest BCUT2D eigenvalue weighted by Gasteiger charge is -2.08. The molecule has 0 aromatic carbocycles. The fourth-order valence-electron chi connectivity index (χ4n) is 0.769. The topological polar surface area (TPSA) is 4.93 Å². The van der Waals surface area contributed by atoms with Gasteiger partial charge in [0.2, 0.25) is 0 Å². The Labute approximate surface area is 66.3 Å². The first-order chi connectivity index (χ1) is 4.70. The molecule has 54 valence electrons. The van der Waals surface area contributed by atoms with E-state index in [1.165, 1.54) is 0 Å². The zero-order valence-electron chi connectivity index (χ0n) is 6.24. The van der Waals surface area contributed by atoms with Crippen LogP contribution in [0.2, 0.25) is 0 Å². The Balaban J connectivity index is 3.00. The number of rotatable bonds is 1. The fraction of sp³-hybridized carbons (Fsp3) is 0.375. The second-order valence-corrected chi connectivity index (χ2v) is 3.05. The maximum atomic E-state index is 4.94. The first-order valence-electron chi connectivity index (χ1n) is 3.38. The highest BCUT2D eigenvalue weighted by Gasteiger charge is 1.90. The minimum absolute atomic E-state index is 0.524. The van der Waals surface area contributed by atoms with Gasteiger partial charge in [-0.2, -0.15) is 0 Å². The molecule has 10 heavy (non-hydrogen) atoms. The van der Waals surface area contributed by atoms with Crippen LogP contribution in [0.3, 0.4) is 0 Å². The van der Waals surface area contributed by atoms with Gasteiger partial charge in [-0.15, -0.1) is 0 Å². The Morgan fingerprint density at radius 2 is 1.80 bits per heavy atom. The lowest BCUT2D eigenvalue weighted by molar-refractivity contribution is 0.596. The number of hydrogen-bond acceptors (Lipinski definition) is 1. The van der Waals surface area contributed by atoms with Crippen molar-refractivity contribution >= 4 is 12.2 Å². The van der Waals surface area contributed by atoms with E-state index in [9.17, 15) is 0 Å². The highest BCUT2D eigenvalue weighted by Crippen LogP contribution is 2.02. The largest absolute Gasteiger partial charge is 0.352 e. The molecule has 0 bridgehead atoms. The molecule has 0 saturated carbocycles. The van der Waals surface area contributed by atoms with E-state index in [1.54, 1.807) is 0 Å². The van der Waals surface area contributed by atoms with Gasteiger partial charge in [-0.1, -0.05) is 12.2 Å². The number of hydrogen-bond donors (Lipinski definition) is 0. The molecule has 0 radical (unpaired) electrons. The molecule has 1 aromatic rings. The number of aromatic nitrogens is 1. The SMILES string of the molecule is CC(C)n1ccc(=S)cc1. The zero-order chi connectivity index (χ0) is 7.56. The van der Waals surface area contributed by atoms with E-state index in [1.807, 2.05) is 24.5 Å². The summed E-state index contributed by atoms with van der Waals surface area (Å²) in [4.78, 5) is 0. The summed E-state index contributed by atoms with van der Waals surface area (Å²) in [7, 11) is 0. The third-order valence-corrected chi connectivity index (χ3v) is 1.69. The predicted molar refractivity (Wildman–Crippen MR) is 45.7 cm³/mol. The van der Waals surface area contributed by atoms with Crippen molar-refractivity contribution in [3.8, 4) is 0 Å². The molecule has 0 saturated heterocycles. The lowest BCUT2D eigenvalue weighted by atomic mass is 10.3. The van der Waals surface area contributed by atoms with Crippen LogP contribution >= 0.6 is 12.2 Å². The Kier molecular flexibility index (Phi) is 2.22. The van der Waals surface area contributed by atoms with Gasteiger partial charge >= 0.3 is 0 Å². The molecule has 0 atom stereocenters. The van der Waals surface area contributed by atoms with Crippen molar-refractivity contribution < 1.29 is 0 Å². The number of nitrogens with zero attached hydrogens (tertiary/aromatic N) is 1. The van der Waals surface area contributed by atoms with Crippen LogP contribution in [0.5, 0.6) is 0 Å². The van der Waals surface area contributed by atoms with Crippen LogP contribution in [0, 0.1) is 4.51 Å². The molecular weight excluding hydrogens is 142 g/mol. The van der Waals surface area contributed by atoms with E-state index in [0.717, 1.165) is 4.51 Å². The molecule has 1 rings (SSSR count). The van der Waals surface area contributed by atoms with Crippen molar-refractivity contribution in [3.05, 3.63) is 29.0 Å². The Morgan fingerprint density at radius 3 is 2.20 bits per heavy atom. The first-order valence-corrected chi connectivity index (χ1v) is 3.79. The van der Waals surface area contributed by atoms with Crippen molar-refractivity contribution in [1.29, 1.82) is 0 Å². The molecule has 0 amide bonds. The van der Waals surface area contributed by atoms with Gasteiger partial charge < -0.3 is 4.57 Å². The van der Waals surface area contributed by atoms with Gasteiger partial charge in [0, 0.05) is 22.9 Å². The molecule has 0 N–H and O–H groups in total. The van der Waals surface area contributed by atoms with E-state index < -0.39 is 0 Å². The van der Waals surface area contributed by atoms with Crippen LogP contribution in [0.25, 0.3) is 0 Å². The van der Waals surface area contributed by atoms with Gasteiger partial charge in [0.05, 0.1) is 0 Å². The van der Waals surface area contributed by atoms with Crippen molar-refractivity contribution in [2.24, 2.45) is 0 Å². The molecule has 0 fully saturated rings. The summed E-state index contributed by atoms with van der Waals surface area (Å²) in [5, 5.41) is 0. The number of pyridine rings is 1. The van der Waals surface area contributed by atoms with Crippen molar-refractivity contribution in [2.45, 2.75) is 19.9 Å².